The molecule has 27 heavy (non-hydrogen) atoms. The Hall–Kier alpha value is -1.77. The van der Waals surface area contributed by atoms with E-state index in [2.05, 4.69) is 38.5 Å². The Balaban J connectivity index is 1.79. The van der Waals surface area contributed by atoms with Crippen LogP contribution in [-0.4, -0.2) is 10.9 Å². The zero-order valence-corrected chi connectivity index (χ0v) is 18.7. The van der Waals surface area contributed by atoms with Crippen LogP contribution in [-0.2, 0) is 6.54 Å². The van der Waals surface area contributed by atoms with Crippen molar-refractivity contribution >= 4 is 71.1 Å². The van der Waals surface area contributed by atoms with Gasteiger partial charge in [-0.15, -0.1) is 0 Å². The first-order valence-electron chi connectivity index (χ1n) is 8.28. The van der Waals surface area contributed by atoms with E-state index in [9.17, 15) is 4.79 Å². The Labute approximate surface area is 183 Å². The van der Waals surface area contributed by atoms with Gasteiger partial charge < -0.3 is 0 Å². The Kier molecular flexibility index (Phi) is 5.56. The highest BCUT2D eigenvalue weighted by atomic mass is 127. The van der Waals surface area contributed by atoms with E-state index in [0.29, 0.717) is 17.2 Å². The summed E-state index contributed by atoms with van der Waals surface area (Å²) in [6.07, 6.45) is 0. The fourth-order valence-corrected chi connectivity index (χ4v) is 4.91. The van der Waals surface area contributed by atoms with Crippen molar-refractivity contribution in [3.05, 3.63) is 92.0 Å². The molecule has 0 saturated carbocycles. The van der Waals surface area contributed by atoms with Gasteiger partial charge in [0.15, 0.2) is 5.13 Å². The molecular formula is C21H14BrIN2OS. The first-order valence-corrected chi connectivity index (χ1v) is 11.0. The van der Waals surface area contributed by atoms with Gasteiger partial charge in [-0.3, -0.25) is 9.69 Å². The quantitative estimate of drug-likeness (QED) is 0.272. The van der Waals surface area contributed by atoms with Crippen LogP contribution in [0.4, 0.5) is 5.13 Å². The number of anilines is 1. The van der Waals surface area contributed by atoms with Crippen LogP contribution in [0, 0.1) is 3.57 Å². The zero-order valence-electron chi connectivity index (χ0n) is 14.1. The molecule has 0 fully saturated rings. The van der Waals surface area contributed by atoms with Gasteiger partial charge >= 0.3 is 0 Å². The molecule has 4 aromatic rings. The predicted octanol–water partition coefficient (Wildman–Crippen LogP) is 6.51. The molecule has 0 aliphatic rings. The number of rotatable bonds is 4. The second kappa shape index (κ2) is 8.08. The monoisotopic (exact) mass is 548 g/mol. The maximum absolute atomic E-state index is 13.4. The van der Waals surface area contributed by atoms with Gasteiger partial charge in [0.05, 0.1) is 22.3 Å². The van der Waals surface area contributed by atoms with Crippen molar-refractivity contribution in [3.8, 4) is 0 Å². The van der Waals surface area contributed by atoms with Crippen LogP contribution in [0.25, 0.3) is 10.2 Å². The SMILES string of the molecule is O=C(c1ccccc1I)N(Cc1ccccc1)c1nc2ccc(Br)cc2s1. The van der Waals surface area contributed by atoms with Crippen LogP contribution in [0.3, 0.4) is 0 Å². The molecule has 0 radical (unpaired) electrons. The maximum Gasteiger partial charge on any atom is 0.261 e. The molecule has 0 atom stereocenters. The standard InChI is InChI=1S/C21H14BrIN2OS/c22-15-10-11-18-19(12-15)27-21(24-18)25(13-14-6-2-1-3-7-14)20(26)16-8-4-5-9-17(16)23/h1-12H,13H2. The summed E-state index contributed by atoms with van der Waals surface area (Å²) in [6.45, 7) is 0.478. The molecule has 0 bridgehead atoms. The highest BCUT2D eigenvalue weighted by molar-refractivity contribution is 14.1. The molecular weight excluding hydrogens is 535 g/mol. The molecule has 4 rings (SSSR count). The summed E-state index contributed by atoms with van der Waals surface area (Å²) < 4.78 is 2.98. The van der Waals surface area contributed by atoms with E-state index < -0.39 is 0 Å². The first kappa shape index (κ1) is 18.6. The van der Waals surface area contributed by atoms with Crippen LogP contribution in [0.15, 0.2) is 77.3 Å². The van der Waals surface area contributed by atoms with Gasteiger partial charge in [-0.1, -0.05) is 69.7 Å². The number of benzene rings is 3. The molecule has 6 heteroatoms. The van der Waals surface area contributed by atoms with Crippen LogP contribution in [0.2, 0.25) is 0 Å². The van der Waals surface area contributed by atoms with Crippen LogP contribution >= 0.6 is 49.9 Å². The van der Waals surface area contributed by atoms with Crippen molar-refractivity contribution in [2.24, 2.45) is 0 Å². The molecule has 1 aromatic heterocycles. The minimum Gasteiger partial charge on any atom is -0.279 e. The van der Waals surface area contributed by atoms with E-state index >= 15 is 0 Å². The molecule has 0 saturated heterocycles. The van der Waals surface area contributed by atoms with Gasteiger partial charge in [0.2, 0.25) is 0 Å². The third kappa shape index (κ3) is 4.07. The third-order valence-electron chi connectivity index (χ3n) is 4.10. The molecule has 3 aromatic carbocycles. The average molecular weight is 549 g/mol. The number of hydrogen-bond acceptors (Lipinski definition) is 3. The highest BCUT2D eigenvalue weighted by Gasteiger charge is 2.23. The molecule has 134 valence electrons. The average Bonchev–Trinajstić information content (AvgIpc) is 3.09. The summed E-state index contributed by atoms with van der Waals surface area (Å²) in [4.78, 5) is 19.9. The van der Waals surface area contributed by atoms with Crippen molar-refractivity contribution in [1.29, 1.82) is 0 Å². The summed E-state index contributed by atoms with van der Waals surface area (Å²) in [5.74, 6) is -0.0398. The molecule has 1 amide bonds. The molecule has 0 unspecified atom stereocenters. The number of thiazole rings is 1. The van der Waals surface area contributed by atoms with Crippen molar-refractivity contribution in [2.45, 2.75) is 6.54 Å². The van der Waals surface area contributed by atoms with Crippen molar-refractivity contribution in [3.63, 3.8) is 0 Å². The Morgan fingerprint density at radius 3 is 2.56 bits per heavy atom. The summed E-state index contributed by atoms with van der Waals surface area (Å²) in [7, 11) is 0. The second-order valence-electron chi connectivity index (χ2n) is 5.97. The number of halogens is 2. The third-order valence-corrected chi connectivity index (χ3v) is 6.58. The summed E-state index contributed by atoms with van der Waals surface area (Å²) in [5, 5.41) is 0.705. The van der Waals surface area contributed by atoms with E-state index in [1.165, 1.54) is 11.3 Å². The minimum atomic E-state index is -0.0398. The fraction of sp³-hybridized carbons (Fsp3) is 0.0476. The lowest BCUT2D eigenvalue weighted by molar-refractivity contribution is 0.0984. The fourth-order valence-electron chi connectivity index (χ4n) is 2.77. The van der Waals surface area contributed by atoms with E-state index in [4.69, 9.17) is 4.98 Å². The number of hydrogen-bond donors (Lipinski definition) is 0. The number of amides is 1. The second-order valence-corrected chi connectivity index (χ2v) is 9.05. The van der Waals surface area contributed by atoms with Crippen molar-refractivity contribution in [1.82, 2.24) is 4.98 Å². The Morgan fingerprint density at radius 2 is 1.78 bits per heavy atom. The van der Waals surface area contributed by atoms with Crippen LogP contribution < -0.4 is 4.90 Å². The van der Waals surface area contributed by atoms with Gasteiger partial charge in [-0.05, 0) is 58.5 Å². The van der Waals surface area contributed by atoms with Gasteiger partial charge in [-0.25, -0.2) is 4.98 Å². The largest absolute Gasteiger partial charge is 0.279 e. The molecule has 0 aliphatic carbocycles. The number of carbonyl (C=O) groups excluding carboxylic acids is 1. The molecule has 3 nitrogen and oxygen atoms in total. The van der Waals surface area contributed by atoms with Crippen LogP contribution in [0.5, 0.6) is 0 Å². The summed E-state index contributed by atoms with van der Waals surface area (Å²) >= 11 is 7.24. The number of fused-ring (bicyclic) bond motifs is 1. The Morgan fingerprint density at radius 1 is 1.04 bits per heavy atom. The molecule has 0 N–H and O–H groups in total. The minimum absolute atomic E-state index is 0.0398. The highest BCUT2D eigenvalue weighted by Crippen LogP contribution is 2.33. The smallest absolute Gasteiger partial charge is 0.261 e. The first-order chi connectivity index (χ1) is 13.1. The van der Waals surface area contributed by atoms with E-state index in [1.807, 2.05) is 72.8 Å². The van der Waals surface area contributed by atoms with Gasteiger partial charge in [0.1, 0.15) is 0 Å². The zero-order chi connectivity index (χ0) is 18.8. The molecule has 1 heterocycles. The normalized spacial score (nSPS) is 10.9. The summed E-state index contributed by atoms with van der Waals surface area (Å²) in [6, 6.07) is 23.6. The number of aromatic nitrogens is 1. The van der Waals surface area contributed by atoms with E-state index in [1.54, 1.807) is 4.90 Å². The van der Waals surface area contributed by atoms with E-state index in [0.717, 1.165) is 23.8 Å². The topological polar surface area (TPSA) is 33.2 Å². The predicted molar refractivity (Wildman–Crippen MR) is 123 cm³/mol. The maximum atomic E-state index is 13.4. The van der Waals surface area contributed by atoms with E-state index in [-0.39, 0.29) is 5.91 Å². The lowest BCUT2D eigenvalue weighted by Gasteiger charge is -2.20. The van der Waals surface area contributed by atoms with Gasteiger partial charge in [0.25, 0.3) is 5.91 Å². The van der Waals surface area contributed by atoms with Crippen molar-refractivity contribution < 1.29 is 4.79 Å². The number of carbonyl (C=O) groups is 1. The lowest BCUT2D eigenvalue weighted by Crippen LogP contribution is -2.30. The van der Waals surface area contributed by atoms with Crippen molar-refractivity contribution in [2.75, 3.05) is 4.90 Å². The van der Waals surface area contributed by atoms with Crippen LogP contribution in [0.1, 0.15) is 15.9 Å². The van der Waals surface area contributed by atoms with Gasteiger partial charge in [-0.2, -0.15) is 0 Å². The molecule has 0 aliphatic heterocycles. The Bertz CT molecular complexity index is 1110. The summed E-state index contributed by atoms with van der Waals surface area (Å²) in [5.41, 5.74) is 2.65. The number of nitrogens with zero attached hydrogens (tertiary/aromatic N) is 2. The molecule has 0 spiro atoms. The lowest BCUT2D eigenvalue weighted by atomic mass is 10.1. The van der Waals surface area contributed by atoms with Gasteiger partial charge in [0, 0.05) is 8.04 Å².